The average molecular weight is 182 g/mol. The third kappa shape index (κ3) is 1.70. The maximum atomic E-state index is 11.4. The second-order valence-corrected chi connectivity index (χ2v) is 4.22. The number of fused-ring (bicyclic) bond motifs is 1. The second-order valence-electron chi connectivity index (χ2n) is 4.22. The highest BCUT2D eigenvalue weighted by Gasteiger charge is 2.37. The molecule has 1 heterocycles. The van der Waals surface area contributed by atoms with Crippen molar-refractivity contribution in [2.75, 3.05) is 7.05 Å². The van der Waals surface area contributed by atoms with E-state index >= 15 is 0 Å². The number of rotatable bonds is 1. The molecule has 0 radical (unpaired) electrons. The van der Waals surface area contributed by atoms with Gasteiger partial charge >= 0.3 is 0 Å². The van der Waals surface area contributed by atoms with Crippen LogP contribution in [0, 0.1) is 5.92 Å². The minimum atomic E-state index is 0.0816. The van der Waals surface area contributed by atoms with Gasteiger partial charge in [0, 0.05) is 13.1 Å². The molecular weight excluding hydrogens is 164 g/mol. The number of likely N-dealkylation sites (N-methyl/N-ethyl adjacent to an activating group) is 1. The van der Waals surface area contributed by atoms with E-state index in [9.17, 15) is 4.79 Å². The first-order valence-corrected chi connectivity index (χ1v) is 5.29. The average Bonchev–Trinajstić information content (AvgIpc) is 2.59. The van der Waals surface area contributed by atoms with Crippen molar-refractivity contribution in [1.82, 2.24) is 10.6 Å². The van der Waals surface area contributed by atoms with Crippen molar-refractivity contribution < 1.29 is 4.79 Å². The lowest BCUT2D eigenvalue weighted by Crippen LogP contribution is -2.41. The van der Waals surface area contributed by atoms with Gasteiger partial charge in [0.15, 0.2) is 0 Å². The highest BCUT2D eigenvalue weighted by Crippen LogP contribution is 2.33. The summed E-state index contributed by atoms with van der Waals surface area (Å²) in [6, 6.07) is 0.703. The number of hydrogen-bond donors (Lipinski definition) is 2. The second kappa shape index (κ2) is 3.66. The minimum Gasteiger partial charge on any atom is -0.358 e. The lowest BCUT2D eigenvalue weighted by atomic mass is 9.85. The van der Waals surface area contributed by atoms with E-state index in [0.29, 0.717) is 6.04 Å². The van der Waals surface area contributed by atoms with Crippen LogP contribution in [0.1, 0.15) is 32.1 Å². The molecular formula is C10H18N2O. The van der Waals surface area contributed by atoms with Gasteiger partial charge in [-0.3, -0.25) is 4.79 Å². The summed E-state index contributed by atoms with van der Waals surface area (Å²) >= 11 is 0. The Kier molecular flexibility index (Phi) is 2.54. The molecule has 2 aliphatic rings. The van der Waals surface area contributed by atoms with E-state index in [4.69, 9.17) is 0 Å². The monoisotopic (exact) mass is 182 g/mol. The van der Waals surface area contributed by atoms with Gasteiger partial charge in [0.2, 0.25) is 5.91 Å². The van der Waals surface area contributed by atoms with Crippen LogP contribution in [0.4, 0.5) is 0 Å². The fourth-order valence-corrected chi connectivity index (χ4v) is 2.70. The molecule has 0 aromatic rings. The van der Waals surface area contributed by atoms with Crippen LogP contribution < -0.4 is 10.6 Å². The van der Waals surface area contributed by atoms with Gasteiger partial charge in [-0.15, -0.1) is 0 Å². The molecule has 1 saturated heterocycles. The summed E-state index contributed by atoms with van der Waals surface area (Å²) in [7, 11) is 1.71. The molecule has 13 heavy (non-hydrogen) atoms. The van der Waals surface area contributed by atoms with E-state index < -0.39 is 0 Å². The van der Waals surface area contributed by atoms with Gasteiger partial charge in [0.25, 0.3) is 0 Å². The zero-order valence-electron chi connectivity index (χ0n) is 8.18. The number of amides is 1. The van der Waals surface area contributed by atoms with Crippen molar-refractivity contribution in [3.63, 3.8) is 0 Å². The topological polar surface area (TPSA) is 41.1 Å². The summed E-state index contributed by atoms with van der Waals surface area (Å²) in [5.74, 6) is 0.922. The SMILES string of the molecule is CNC(=O)[C@@H]1C[C@@H]2CCCC[C@@H]2N1. The Labute approximate surface area is 79.3 Å². The molecule has 2 fully saturated rings. The van der Waals surface area contributed by atoms with Crippen molar-refractivity contribution in [3.05, 3.63) is 0 Å². The lowest BCUT2D eigenvalue weighted by molar-refractivity contribution is -0.122. The summed E-state index contributed by atoms with van der Waals surface area (Å²) in [5, 5.41) is 6.15. The van der Waals surface area contributed by atoms with Crippen molar-refractivity contribution in [2.45, 2.75) is 44.2 Å². The molecule has 3 heteroatoms. The zero-order valence-corrected chi connectivity index (χ0v) is 8.18. The summed E-state index contributed by atoms with van der Waals surface area (Å²) in [6.45, 7) is 0. The van der Waals surface area contributed by atoms with E-state index in [1.807, 2.05) is 0 Å². The van der Waals surface area contributed by atoms with Crippen LogP contribution in [0.25, 0.3) is 0 Å². The summed E-state index contributed by atoms with van der Waals surface area (Å²) in [4.78, 5) is 11.4. The van der Waals surface area contributed by atoms with Crippen LogP contribution in [-0.4, -0.2) is 25.0 Å². The summed E-state index contributed by atoms with van der Waals surface area (Å²) < 4.78 is 0. The Bertz CT molecular complexity index is 191. The van der Waals surface area contributed by atoms with Crippen LogP contribution >= 0.6 is 0 Å². The van der Waals surface area contributed by atoms with Crippen molar-refractivity contribution >= 4 is 5.91 Å². The molecule has 0 aromatic heterocycles. The number of carbonyl (C=O) groups excluding carboxylic acids is 1. The van der Waals surface area contributed by atoms with Crippen LogP contribution in [0.3, 0.4) is 0 Å². The quantitative estimate of drug-likeness (QED) is 0.625. The molecule has 1 amide bonds. The number of nitrogens with one attached hydrogen (secondary N) is 2. The number of hydrogen-bond acceptors (Lipinski definition) is 2. The first-order chi connectivity index (χ1) is 6.31. The molecule has 0 unspecified atom stereocenters. The molecule has 2 rings (SSSR count). The molecule has 0 bridgehead atoms. The molecule has 1 aliphatic carbocycles. The standard InChI is InChI=1S/C10H18N2O/c1-11-10(13)9-6-7-4-2-3-5-8(7)12-9/h7-9,12H,2-6H2,1H3,(H,11,13)/t7-,8-,9-/m0/s1. The van der Waals surface area contributed by atoms with Crippen molar-refractivity contribution in [1.29, 1.82) is 0 Å². The zero-order chi connectivity index (χ0) is 9.26. The van der Waals surface area contributed by atoms with Gasteiger partial charge in [-0.2, -0.15) is 0 Å². The van der Waals surface area contributed by atoms with Gasteiger partial charge < -0.3 is 10.6 Å². The normalized spacial score (nSPS) is 38.4. The predicted molar refractivity (Wildman–Crippen MR) is 51.4 cm³/mol. The molecule has 3 nitrogen and oxygen atoms in total. The summed E-state index contributed by atoms with van der Waals surface area (Å²) in [5.41, 5.74) is 0. The van der Waals surface area contributed by atoms with Crippen LogP contribution in [-0.2, 0) is 4.79 Å². The molecule has 3 atom stereocenters. The van der Waals surface area contributed by atoms with Crippen LogP contribution in [0.2, 0.25) is 0 Å². The van der Waals surface area contributed by atoms with Crippen molar-refractivity contribution in [3.8, 4) is 0 Å². The van der Waals surface area contributed by atoms with Gasteiger partial charge in [-0.1, -0.05) is 12.8 Å². The van der Waals surface area contributed by atoms with E-state index in [1.165, 1.54) is 25.7 Å². The van der Waals surface area contributed by atoms with Gasteiger partial charge in [-0.25, -0.2) is 0 Å². The summed E-state index contributed by atoms with van der Waals surface area (Å²) in [6.07, 6.45) is 6.30. The molecule has 0 aromatic carbocycles. The predicted octanol–water partition coefficient (Wildman–Crippen LogP) is 0.653. The van der Waals surface area contributed by atoms with Crippen LogP contribution in [0.5, 0.6) is 0 Å². The third-order valence-corrected chi connectivity index (χ3v) is 3.43. The molecule has 74 valence electrons. The number of carbonyl (C=O) groups is 1. The third-order valence-electron chi connectivity index (χ3n) is 3.43. The van der Waals surface area contributed by atoms with E-state index in [2.05, 4.69) is 10.6 Å². The first-order valence-electron chi connectivity index (χ1n) is 5.29. The smallest absolute Gasteiger partial charge is 0.236 e. The Balaban J connectivity index is 1.94. The van der Waals surface area contributed by atoms with Crippen molar-refractivity contribution in [2.24, 2.45) is 5.92 Å². The van der Waals surface area contributed by atoms with Gasteiger partial charge in [0.05, 0.1) is 6.04 Å². The Morgan fingerprint density at radius 2 is 2.15 bits per heavy atom. The van der Waals surface area contributed by atoms with E-state index in [0.717, 1.165) is 12.3 Å². The minimum absolute atomic E-state index is 0.0816. The molecule has 2 N–H and O–H groups in total. The Hall–Kier alpha value is -0.570. The van der Waals surface area contributed by atoms with Gasteiger partial charge in [-0.05, 0) is 25.2 Å². The van der Waals surface area contributed by atoms with E-state index in [-0.39, 0.29) is 11.9 Å². The van der Waals surface area contributed by atoms with Crippen LogP contribution in [0.15, 0.2) is 0 Å². The fraction of sp³-hybridized carbons (Fsp3) is 0.900. The highest BCUT2D eigenvalue weighted by atomic mass is 16.2. The maximum absolute atomic E-state index is 11.4. The maximum Gasteiger partial charge on any atom is 0.236 e. The Morgan fingerprint density at radius 1 is 1.38 bits per heavy atom. The van der Waals surface area contributed by atoms with Gasteiger partial charge in [0.1, 0.15) is 0 Å². The molecule has 1 saturated carbocycles. The fourth-order valence-electron chi connectivity index (χ4n) is 2.70. The van der Waals surface area contributed by atoms with E-state index in [1.54, 1.807) is 7.05 Å². The molecule has 0 spiro atoms. The highest BCUT2D eigenvalue weighted by molar-refractivity contribution is 5.81. The first kappa shape index (κ1) is 9.00. The lowest BCUT2D eigenvalue weighted by Gasteiger charge is -2.24. The molecule has 1 aliphatic heterocycles. The largest absolute Gasteiger partial charge is 0.358 e. The Morgan fingerprint density at radius 3 is 2.85 bits per heavy atom.